The van der Waals surface area contributed by atoms with E-state index in [9.17, 15) is 19.7 Å². The first kappa shape index (κ1) is 20.1. The molecule has 1 N–H and O–H groups in total. The van der Waals surface area contributed by atoms with Crippen molar-refractivity contribution in [2.24, 2.45) is 0 Å². The lowest BCUT2D eigenvalue weighted by Gasteiger charge is -2.17. The molecule has 0 bridgehead atoms. The molecule has 1 heterocycles. The highest BCUT2D eigenvalue weighted by molar-refractivity contribution is 6.04. The van der Waals surface area contributed by atoms with Gasteiger partial charge in [-0.2, -0.15) is 0 Å². The number of para-hydroxylation sites is 1. The summed E-state index contributed by atoms with van der Waals surface area (Å²) >= 11 is 0. The zero-order chi connectivity index (χ0) is 21.8. The standard InChI is InChI=1S/C23H19N3O5/c27-22(25-13-12-16-4-1-2-7-21(16)25)15-31-20-10-8-18(9-11-20)24-23(28)17-5-3-6-19(14-17)26(29)30/h1-11,14H,12-13,15H2,(H,24,28). The molecule has 0 radical (unpaired) electrons. The second-order valence-corrected chi connectivity index (χ2v) is 7.00. The topological polar surface area (TPSA) is 102 Å². The summed E-state index contributed by atoms with van der Waals surface area (Å²) in [6.07, 6.45) is 0.834. The van der Waals surface area contributed by atoms with E-state index in [1.807, 2.05) is 24.3 Å². The van der Waals surface area contributed by atoms with Gasteiger partial charge in [-0.15, -0.1) is 0 Å². The zero-order valence-electron chi connectivity index (χ0n) is 16.5. The quantitative estimate of drug-likeness (QED) is 0.485. The highest BCUT2D eigenvalue weighted by Gasteiger charge is 2.24. The Morgan fingerprint density at radius 3 is 2.58 bits per heavy atom. The number of benzene rings is 3. The molecule has 0 saturated carbocycles. The minimum Gasteiger partial charge on any atom is -0.484 e. The molecule has 0 saturated heterocycles. The van der Waals surface area contributed by atoms with Gasteiger partial charge in [0.05, 0.1) is 4.92 Å². The molecule has 3 aromatic carbocycles. The number of nitro groups is 1. The Balaban J connectivity index is 1.33. The third-order valence-corrected chi connectivity index (χ3v) is 4.98. The lowest BCUT2D eigenvalue weighted by atomic mass is 10.2. The summed E-state index contributed by atoms with van der Waals surface area (Å²) in [6, 6.07) is 19.9. The van der Waals surface area contributed by atoms with Crippen LogP contribution in [0.25, 0.3) is 0 Å². The van der Waals surface area contributed by atoms with Crippen LogP contribution in [0.4, 0.5) is 17.1 Å². The second-order valence-electron chi connectivity index (χ2n) is 7.00. The number of carbonyl (C=O) groups is 2. The molecule has 0 aromatic heterocycles. The van der Waals surface area contributed by atoms with E-state index in [1.165, 1.54) is 24.3 Å². The maximum absolute atomic E-state index is 12.5. The van der Waals surface area contributed by atoms with Gasteiger partial charge in [0, 0.05) is 35.6 Å². The van der Waals surface area contributed by atoms with Gasteiger partial charge < -0.3 is 15.0 Å². The van der Waals surface area contributed by atoms with Gasteiger partial charge >= 0.3 is 0 Å². The first-order chi connectivity index (χ1) is 15.0. The van der Waals surface area contributed by atoms with Gasteiger partial charge in [-0.3, -0.25) is 19.7 Å². The summed E-state index contributed by atoms with van der Waals surface area (Å²) in [7, 11) is 0. The van der Waals surface area contributed by atoms with Crippen molar-refractivity contribution in [2.45, 2.75) is 6.42 Å². The van der Waals surface area contributed by atoms with Crippen LogP contribution in [0.15, 0.2) is 72.8 Å². The molecule has 0 atom stereocenters. The smallest absolute Gasteiger partial charge is 0.270 e. The summed E-state index contributed by atoms with van der Waals surface area (Å²) in [5, 5.41) is 13.5. The van der Waals surface area contributed by atoms with Gasteiger partial charge in [-0.25, -0.2) is 0 Å². The second kappa shape index (κ2) is 8.66. The summed E-state index contributed by atoms with van der Waals surface area (Å²) in [5.74, 6) is -0.0811. The maximum atomic E-state index is 12.5. The Kier molecular flexibility index (Phi) is 5.61. The average molecular weight is 417 g/mol. The molecule has 31 heavy (non-hydrogen) atoms. The number of rotatable bonds is 6. The van der Waals surface area contributed by atoms with E-state index in [0.717, 1.165) is 17.7 Å². The molecule has 1 aliphatic rings. The highest BCUT2D eigenvalue weighted by Crippen LogP contribution is 2.27. The molecule has 8 heteroatoms. The molecule has 0 fully saturated rings. The van der Waals surface area contributed by atoms with Gasteiger partial charge in [0.2, 0.25) is 0 Å². The fourth-order valence-electron chi connectivity index (χ4n) is 3.42. The molecule has 8 nitrogen and oxygen atoms in total. The zero-order valence-corrected chi connectivity index (χ0v) is 16.5. The first-order valence-corrected chi connectivity index (χ1v) is 9.68. The third-order valence-electron chi connectivity index (χ3n) is 4.98. The van der Waals surface area contributed by atoms with Crippen molar-refractivity contribution in [3.8, 4) is 5.75 Å². The van der Waals surface area contributed by atoms with Crippen molar-refractivity contribution >= 4 is 28.9 Å². The largest absolute Gasteiger partial charge is 0.484 e. The minimum atomic E-state index is -0.551. The molecule has 0 spiro atoms. The SMILES string of the molecule is O=C(Nc1ccc(OCC(=O)N2CCc3ccccc32)cc1)c1cccc([N+](=O)[O-])c1. The number of carbonyl (C=O) groups excluding carboxylic acids is 2. The van der Waals surface area contributed by atoms with Crippen LogP contribution < -0.4 is 15.0 Å². The van der Waals surface area contributed by atoms with Gasteiger partial charge in [0.15, 0.2) is 6.61 Å². The Hall–Kier alpha value is -4.20. The number of fused-ring (bicyclic) bond motifs is 1. The van der Waals surface area contributed by atoms with Crippen LogP contribution in [-0.4, -0.2) is 29.9 Å². The maximum Gasteiger partial charge on any atom is 0.270 e. The number of nitrogens with one attached hydrogen (secondary N) is 1. The molecule has 0 unspecified atom stereocenters. The summed E-state index contributed by atoms with van der Waals surface area (Å²) < 4.78 is 5.60. The van der Waals surface area contributed by atoms with Crippen LogP contribution in [0.2, 0.25) is 0 Å². The lowest BCUT2D eigenvalue weighted by molar-refractivity contribution is -0.384. The van der Waals surface area contributed by atoms with Crippen LogP contribution in [0.1, 0.15) is 15.9 Å². The van der Waals surface area contributed by atoms with Crippen molar-refractivity contribution in [3.05, 3.63) is 94.0 Å². The predicted octanol–water partition coefficient (Wildman–Crippen LogP) is 3.82. The number of hydrogen-bond acceptors (Lipinski definition) is 5. The van der Waals surface area contributed by atoms with Crippen molar-refractivity contribution in [2.75, 3.05) is 23.4 Å². The van der Waals surface area contributed by atoms with E-state index >= 15 is 0 Å². The fourth-order valence-corrected chi connectivity index (χ4v) is 3.42. The first-order valence-electron chi connectivity index (χ1n) is 9.68. The van der Waals surface area contributed by atoms with E-state index in [1.54, 1.807) is 29.2 Å². The van der Waals surface area contributed by atoms with Crippen LogP contribution in [0, 0.1) is 10.1 Å². The fraction of sp³-hybridized carbons (Fsp3) is 0.130. The number of anilines is 2. The van der Waals surface area contributed by atoms with Crippen LogP contribution in [-0.2, 0) is 11.2 Å². The number of ether oxygens (including phenoxy) is 1. The lowest BCUT2D eigenvalue weighted by Crippen LogP contribution is -2.33. The van der Waals surface area contributed by atoms with Gasteiger partial charge in [-0.1, -0.05) is 24.3 Å². The molecular weight excluding hydrogens is 398 g/mol. The van der Waals surface area contributed by atoms with Gasteiger partial charge in [-0.05, 0) is 48.4 Å². The average Bonchev–Trinajstić information content (AvgIpc) is 3.23. The van der Waals surface area contributed by atoms with E-state index in [0.29, 0.717) is 18.0 Å². The summed E-state index contributed by atoms with van der Waals surface area (Å²) in [5.41, 5.74) is 2.62. The summed E-state index contributed by atoms with van der Waals surface area (Å²) in [6.45, 7) is 0.553. The van der Waals surface area contributed by atoms with E-state index < -0.39 is 10.8 Å². The van der Waals surface area contributed by atoms with Crippen molar-refractivity contribution in [3.63, 3.8) is 0 Å². The number of nitrogens with zero attached hydrogens (tertiary/aromatic N) is 2. The number of hydrogen-bond donors (Lipinski definition) is 1. The Bertz CT molecular complexity index is 1140. The summed E-state index contributed by atoms with van der Waals surface area (Å²) in [4.78, 5) is 36.9. The Morgan fingerprint density at radius 1 is 1.03 bits per heavy atom. The van der Waals surface area contributed by atoms with E-state index in [-0.39, 0.29) is 23.8 Å². The van der Waals surface area contributed by atoms with Crippen LogP contribution in [0.3, 0.4) is 0 Å². The van der Waals surface area contributed by atoms with Crippen LogP contribution in [0.5, 0.6) is 5.75 Å². The normalized spacial score (nSPS) is 12.2. The number of non-ortho nitro benzene ring substituents is 1. The Morgan fingerprint density at radius 2 is 1.81 bits per heavy atom. The minimum absolute atomic E-state index is 0.0896. The van der Waals surface area contributed by atoms with E-state index in [2.05, 4.69) is 5.32 Å². The Labute approximate surface area is 178 Å². The molecule has 0 aliphatic carbocycles. The monoisotopic (exact) mass is 417 g/mol. The van der Waals surface area contributed by atoms with Crippen molar-refractivity contribution in [1.82, 2.24) is 0 Å². The van der Waals surface area contributed by atoms with Gasteiger partial charge in [0.25, 0.3) is 17.5 Å². The van der Waals surface area contributed by atoms with Crippen molar-refractivity contribution < 1.29 is 19.2 Å². The predicted molar refractivity (Wildman–Crippen MR) is 115 cm³/mol. The molecule has 2 amide bonds. The molecule has 156 valence electrons. The van der Waals surface area contributed by atoms with Crippen molar-refractivity contribution in [1.29, 1.82) is 0 Å². The molecular formula is C23H19N3O5. The van der Waals surface area contributed by atoms with Gasteiger partial charge in [0.1, 0.15) is 5.75 Å². The van der Waals surface area contributed by atoms with E-state index in [4.69, 9.17) is 4.74 Å². The molecule has 4 rings (SSSR count). The molecule has 3 aromatic rings. The highest BCUT2D eigenvalue weighted by atomic mass is 16.6. The number of nitro benzene ring substituents is 1. The van der Waals surface area contributed by atoms with Crippen LogP contribution >= 0.6 is 0 Å². The number of amides is 2. The third kappa shape index (κ3) is 4.53. The molecule has 1 aliphatic heterocycles.